The molecule has 1 unspecified atom stereocenters. The molecule has 3 nitrogen and oxygen atoms in total. The summed E-state index contributed by atoms with van der Waals surface area (Å²) < 4.78 is 5.29. The van der Waals surface area contributed by atoms with Crippen LogP contribution in [0.5, 0.6) is 0 Å². The topological polar surface area (TPSA) is 47.6 Å². The summed E-state index contributed by atoms with van der Waals surface area (Å²) in [4.78, 5) is 4.14. The summed E-state index contributed by atoms with van der Waals surface area (Å²) in [6.07, 6.45) is -0.226. The van der Waals surface area contributed by atoms with Crippen molar-refractivity contribution in [3.05, 3.63) is 35.9 Å². The second kappa shape index (κ2) is 5.40. The van der Waals surface area contributed by atoms with E-state index in [0.717, 1.165) is 5.56 Å². The first-order valence-electron chi connectivity index (χ1n) is 4.67. The molecule has 1 atom stereocenters. The van der Waals surface area contributed by atoms with Crippen LogP contribution in [0, 0.1) is 0 Å². The van der Waals surface area contributed by atoms with Gasteiger partial charge in [-0.05, 0) is 12.5 Å². The molecule has 0 spiro atoms. The Labute approximate surface area is 84.6 Å². The van der Waals surface area contributed by atoms with Gasteiger partial charge >= 0.3 is 0 Å². The van der Waals surface area contributed by atoms with E-state index in [9.17, 15) is 0 Å². The van der Waals surface area contributed by atoms with E-state index in [1.54, 1.807) is 7.11 Å². The molecule has 3 heteroatoms. The zero-order valence-electron chi connectivity index (χ0n) is 8.60. The summed E-state index contributed by atoms with van der Waals surface area (Å²) in [5.41, 5.74) is 6.83. The van der Waals surface area contributed by atoms with Gasteiger partial charge in [-0.3, -0.25) is 4.99 Å². The average molecular weight is 192 g/mol. The van der Waals surface area contributed by atoms with Gasteiger partial charge in [-0.1, -0.05) is 30.3 Å². The van der Waals surface area contributed by atoms with Gasteiger partial charge in [0.1, 0.15) is 11.9 Å². The predicted molar refractivity (Wildman–Crippen MR) is 58.4 cm³/mol. The number of nitrogens with zero attached hydrogens (tertiary/aromatic N) is 1. The van der Waals surface area contributed by atoms with Crippen LogP contribution < -0.4 is 5.73 Å². The summed E-state index contributed by atoms with van der Waals surface area (Å²) in [7, 11) is 1.63. The van der Waals surface area contributed by atoms with Gasteiger partial charge in [-0.2, -0.15) is 0 Å². The van der Waals surface area contributed by atoms with Crippen molar-refractivity contribution in [1.29, 1.82) is 0 Å². The Balaban J connectivity index is 2.88. The van der Waals surface area contributed by atoms with E-state index in [2.05, 4.69) is 4.99 Å². The van der Waals surface area contributed by atoms with Gasteiger partial charge in [0.25, 0.3) is 0 Å². The summed E-state index contributed by atoms with van der Waals surface area (Å²) in [6.45, 7) is 2.63. The van der Waals surface area contributed by atoms with Crippen LogP contribution in [0.1, 0.15) is 18.6 Å². The van der Waals surface area contributed by atoms with Crippen LogP contribution in [-0.2, 0) is 4.74 Å². The molecular formula is C11H16N2O. The first-order valence-corrected chi connectivity index (χ1v) is 4.67. The molecule has 0 aromatic heterocycles. The number of aliphatic imine (C=N–C) groups is 1. The number of amidine groups is 1. The summed E-state index contributed by atoms with van der Waals surface area (Å²) >= 11 is 0. The van der Waals surface area contributed by atoms with Gasteiger partial charge in [0.15, 0.2) is 0 Å². The Morgan fingerprint density at radius 2 is 2.07 bits per heavy atom. The highest BCUT2D eigenvalue weighted by molar-refractivity contribution is 5.86. The molecule has 0 amide bonds. The Morgan fingerprint density at radius 1 is 1.43 bits per heavy atom. The first-order chi connectivity index (χ1) is 6.79. The zero-order chi connectivity index (χ0) is 10.4. The first kappa shape index (κ1) is 10.7. The number of hydrogen-bond acceptors (Lipinski definition) is 2. The van der Waals surface area contributed by atoms with Crippen molar-refractivity contribution in [2.75, 3.05) is 13.7 Å². The molecule has 0 bridgehead atoms. The van der Waals surface area contributed by atoms with Crippen molar-refractivity contribution in [1.82, 2.24) is 0 Å². The molecule has 0 radical (unpaired) electrons. The largest absolute Gasteiger partial charge is 0.385 e. The van der Waals surface area contributed by atoms with E-state index in [1.807, 2.05) is 37.3 Å². The van der Waals surface area contributed by atoms with Crippen LogP contribution in [-0.4, -0.2) is 19.5 Å². The Hall–Kier alpha value is -1.35. The van der Waals surface area contributed by atoms with Gasteiger partial charge in [-0.15, -0.1) is 0 Å². The summed E-state index contributed by atoms with van der Waals surface area (Å²) in [5, 5.41) is 0. The van der Waals surface area contributed by atoms with E-state index in [1.165, 1.54) is 0 Å². The van der Waals surface area contributed by atoms with E-state index >= 15 is 0 Å². The van der Waals surface area contributed by atoms with Crippen LogP contribution in [0.2, 0.25) is 0 Å². The minimum Gasteiger partial charge on any atom is -0.385 e. The Morgan fingerprint density at radius 3 is 2.57 bits per heavy atom. The fourth-order valence-electron chi connectivity index (χ4n) is 1.32. The fourth-order valence-corrected chi connectivity index (χ4v) is 1.32. The molecule has 2 N–H and O–H groups in total. The summed E-state index contributed by atoms with van der Waals surface area (Å²) in [6, 6.07) is 9.84. The van der Waals surface area contributed by atoms with Gasteiger partial charge < -0.3 is 10.5 Å². The van der Waals surface area contributed by atoms with Crippen LogP contribution in [0.3, 0.4) is 0 Å². The van der Waals surface area contributed by atoms with Crippen LogP contribution in [0.15, 0.2) is 35.3 Å². The standard InChI is InChI=1S/C11H16N2O/c1-3-13-11(12)10(14-2)9-7-5-4-6-8-9/h4-8,10H,3H2,1-2H3,(H2,12,13). The number of benzene rings is 1. The average Bonchev–Trinajstić information content (AvgIpc) is 2.21. The molecule has 1 rings (SSSR count). The lowest BCUT2D eigenvalue weighted by molar-refractivity contribution is 0.156. The lowest BCUT2D eigenvalue weighted by Crippen LogP contribution is -2.23. The van der Waals surface area contributed by atoms with Crippen molar-refractivity contribution in [2.24, 2.45) is 10.7 Å². The van der Waals surface area contributed by atoms with Crippen LogP contribution in [0.4, 0.5) is 0 Å². The Kier molecular flexibility index (Phi) is 4.13. The minimum absolute atomic E-state index is 0.226. The van der Waals surface area contributed by atoms with Crippen molar-refractivity contribution in [3.8, 4) is 0 Å². The molecule has 0 aliphatic heterocycles. The molecular weight excluding hydrogens is 176 g/mol. The molecule has 1 aromatic carbocycles. The van der Waals surface area contributed by atoms with E-state index in [4.69, 9.17) is 10.5 Å². The van der Waals surface area contributed by atoms with Crippen LogP contribution >= 0.6 is 0 Å². The van der Waals surface area contributed by atoms with E-state index in [-0.39, 0.29) is 6.10 Å². The van der Waals surface area contributed by atoms with Gasteiger partial charge in [0, 0.05) is 13.7 Å². The van der Waals surface area contributed by atoms with Crippen LogP contribution in [0.25, 0.3) is 0 Å². The molecule has 0 aliphatic carbocycles. The molecule has 76 valence electrons. The second-order valence-electron chi connectivity index (χ2n) is 2.93. The van der Waals surface area contributed by atoms with Gasteiger partial charge in [0.2, 0.25) is 0 Å². The summed E-state index contributed by atoms with van der Waals surface area (Å²) in [5.74, 6) is 0.529. The number of rotatable bonds is 4. The van der Waals surface area contributed by atoms with Gasteiger partial charge in [-0.25, -0.2) is 0 Å². The predicted octanol–water partition coefficient (Wildman–Crippen LogP) is 1.75. The van der Waals surface area contributed by atoms with Crippen molar-refractivity contribution in [3.63, 3.8) is 0 Å². The Bertz CT molecular complexity index is 295. The molecule has 0 aliphatic rings. The minimum atomic E-state index is -0.226. The maximum atomic E-state index is 5.80. The maximum absolute atomic E-state index is 5.80. The SMILES string of the molecule is CCN=C(N)C(OC)c1ccccc1. The molecule has 14 heavy (non-hydrogen) atoms. The normalized spacial score (nSPS) is 14.0. The number of nitrogens with two attached hydrogens (primary N) is 1. The number of methoxy groups -OCH3 is 1. The van der Waals surface area contributed by atoms with E-state index < -0.39 is 0 Å². The third kappa shape index (κ3) is 2.57. The molecule has 0 saturated carbocycles. The highest BCUT2D eigenvalue weighted by atomic mass is 16.5. The third-order valence-electron chi connectivity index (χ3n) is 1.95. The van der Waals surface area contributed by atoms with Gasteiger partial charge in [0.05, 0.1) is 0 Å². The zero-order valence-corrected chi connectivity index (χ0v) is 8.60. The van der Waals surface area contributed by atoms with E-state index in [0.29, 0.717) is 12.4 Å². The molecule has 0 fully saturated rings. The molecule has 1 aromatic rings. The fraction of sp³-hybridized carbons (Fsp3) is 0.364. The maximum Gasteiger partial charge on any atom is 0.139 e. The van der Waals surface area contributed by atoms with Crippen molar-refractivity contribution in [2.45, 2.75) is 13.0 Å². The highest BCUT2D eigenvalue weighted by Gasteiger charge is 2.13. The lowest BCUT2D eigenvalue weighted by atomic mass is 10.1. The highest BCUT2D eigenvalue weighted by Crippen LogP contribution is 2.15. The molecule has 0 saturated heterocycles. The smallest absolute Gasteiger partial charge is 0.139 e. The van der Waals surface area contributed by atoms with Crippen molar-refractivity contribution < 1.29 is 4.74 Å². The molecule has 0 heterocycles. The monoisotopic (exact) mass is 192 g/mol. The van der Waals surface area contributed by atoms with Crippen molar-refractivity contribution >= 4 is 5.84 Å². The number of ether oxygens (including phenoxy) is 1. The quantitative estimate of drug-likeness (QED) is 0.583. The third-order valence-corrected chi connectivity index (χ3v) is 1.95. The second-order valence-corrected chi connectivity index (χ2v) is 2.93. The lowest BCUT2D eigenvalue weighted by Gasteiger charge is -2.14. The number of hydrogen-bond donors (Lipinski definition) is 1.